The zero-order chi connectivity index (χ0) is 16.1. The standard InChI is InChI=1S/C19H18BNO2/c22-20(23)15-16-11-13-19(14-12-16)21(17-7-3-1-4-8-17)18-9-5-2-6-10-18/h1-14,22-23H,15H2. The lowest BCUT2D eigenvalue weighted by Crippen LogP contribution is -2.15. The predicted molar refractivity (Wildman–Crippen MR) is 95.0 cm³/mol. The van der Waals surface area contributed by atoms with Crippen LogP contribution in [-0.4, -0.2) is 17.2 Å². The number of benzene rings is 3. The van der Waals surface area contributed by atoms with E-state index in [-0.39, 0.29) is 6.32 Å². The fourth-order valence-electron chi connectivity index (χ4n) is 2.59. The van der Waals surface area contributed by atoms with Gasteiger partial charge in [-0.1, -0.05) is 48.5 Å². The molecule has 0 aliphatic rings. The van der Waals surface area contributed by atoms with Crippen LogP contribution in [0, 0.1) is 0 Å². The third-order valence-electron chi connectivity index (χ3n) is 3.64. The van der Waals surface area contributed by atoms with Gasteiger partial charge in [-0.3, -0.25) is 0 Å². The van der Waals surface area contributed by atoms with Gasteiger partial charge in [0.25, 0.3) is 0 Å². The summed E-state index contributed by atoms with van der Waals surface area (Å²) in [6, 6.07) is 28.2. The molecular formula is C19H18BNO2. The van der Waals surface area contributed by atoms with Gasteiger partial charge in [-0.25, -0.2) is 0 Å². The van der Waals surface area contributed by atoms with Crippen LogP contribution in [0.15, 0.2) is 84.9 Å². The van der Waals surface area contributed by atoms with Crippen LogP contribution < -0.4 is 4.90 Å². The van der Waals surface area contributed by atoms with Crippen molar-refractivity contribution in [1.82, 2.24) is 0 Å². The summed E-state index contributed by atoms with van der Waals surface area (Å²) in [5, 5.41) is 18.2. The second kappa shape index (κ2) is 7.14. The molecule has 0 amide bonds. The maximum atomic E-state index is 9.09. The molecule has 3 rings (SSSR count). The quantitative estimate of drug-likeness (QED) is 0.706. The summed E-state index contributed by atoms with van der Waals surface area (Å²) in [5.41, 5.74) is 4.07. The van der Waals surface area contributed by atoms with Crippen LogP contribution in [0.4, 0.5) is 17.1 Å². The highest BCUT2D eigenvalue weighted by Crippen LogP contribution is 2.33. The Morgan fingerprint density at radius 2 is 1.04 bits per heavy atom. The molecule has 0 saturated heterocycles. The summed E-state index contributed by atoms with van der Waals surface area (Å²) in [7, 11) is -1.32. The van der Waals surface area contributed by atoms with E-state index in [2.05, 4.69) is 29.2 Å². The Morgan fingerprint density at radius 1 is 0.609 bits per heavy atom. The summed E-state index contributed by atoms with van der Waals surface area (Å²) >= 11 is 0. The average Bonchev–Trinajstić information content (AvgIpc) is 2.58. The van der Waals surface area contributed by atoms with E-state index in [0.29, 0.717) is 0 Å². The van der Waals surface area contributed by atoms with E-state index in [0.717, 1.165) is 22.6 Å². The van der Waals surface area contributed by atoms with Gasteiger partial charge in [-0.05, 0) is 42.0 Å². The second-order valence-corrected chi connectivity index (χ2v) is 5.36. The minimum Gasteiger partial charge on any atom is -0.427 e. The summed E-state index contributed by atoms with van der Waals surface area (Å²) < 4.78 is 0. The molecule has 0 aliphatic carbocycles. The Bertz CT molecular complexity index is 691. The average molecular weight is 303 g/mol. The fourth-order valence-corrected chi connectivity index (χ4v) is 2.59. The molecule has 3 nitrogen and oxygen atoms in total. The third kappa shape index (κ3) is 3.80. The van der Waals surface area contributed by atoms with E-state index in [1.54, 1.807) is 0 Å². The molecular weight excluding hydrogens is 285 g/mol. The van der Waals surface area contributed by atoms with Crippen molar-refractivity contribution >= 4 is 24.2 Å². The highest BCUT2D eigenvalue weighted by molar-refractivity contribution is 6.40. The third-order valence-corrected chi connectivity index (χ3v) is 3.64. The Kier molecular flexibility index (Phi) is 4.76. The topological polar surface area (TPSA) is 43.7 Å². The largest absolute Gasteiger partial charge is 0.456 e. The van der Waals surface area contributed by atoms with Crippen LogP contribution in [-0.2, 0) is 6.32 Å². The maximum Gasteiger partial charge on any atom is 0.456 e. The minimum absolute atomic E-state index is 0.233. The van der Waals surface area contributed by atoms with Crippen molar-refractivity contribution in [3.05, 3.63) is 90.5 Å². The summed E-state index contributed by atoms with van der Waals surface area (Å²) in [6.07, 6.45) is 0.233. The molecule has 0 heterocycles. The molecule has 0 unspecified atom stereocenters. The van der Waals surface area contributed by atoms with Crippen LogP contribution in [0.5, 0.6) is 0 Å². The summed E-state index contributed by atoms with van der Waals surface area (Å²) in [6.45, 7) is 0. The molecule has 3 aromatic carbocycles. The highest BCUT2D eigenvalue weighted by Gasteiger charge is 2.13. The van der Waals surface area contributed by atoms with Crippen LogP contribution in [0.25, 0.3) is 0 Å². The number of hydrogen-bond donors (Lipinski definition) is 2. The van der Waals surface area contributed by atoms with E-state index >= 15 is 0 Å². The molecule has 0 bridgehead atoms. The molecule has 0 spiro atoms. The molecule has 0 saturated carbocycles. The SMILES string of the molecule is OB(O)Cc1ccc(N(c2ccccc2)c2ccccc2)cc1. The number of anilines is 3. The number of nitrogens with zero attached hydrogens (tertiary/aromatic N) is 1. The first-order valence-corrected chi connectivity index (χ1v) is 7.59. The molecule has 3 aromatic rings. The zero-order valence-electron chi connectivity index (χ0n) is 12.7. The van der Waals surface area contributed by atoms with E-state index in [9.17, 15) is 0 Å². The molecule has 23 heavy (non-hydrogen) atoms. The van der Waals surface area contributed by atoms with Gasteiger partial charge in [0.15, 0.2) is 0 Å². The number of rotatable bonds is 5. The molecule has 4 heteroatoms. The van der Waals surface area contributed by atoms with Crippen molar-refractivity contribution in [3.8, 4) is 0 Å². The van der Waals surface area contributed by atoms with Crippen molar-refractivity contribution in [2.24, 2.45) is 0 Å². The van der Waals surface area contributed by atoms with Gasteiger partial charge >= 0.3 is 7.12 Å². The van der Waals surface area contributed by atoms with Crippen molar-refractivity contribution in [2.75, 3.05) is 4.90 Å². The second-order valence-electron chi connectivity index (χ2n) is 5.36. The van der Waals surface area contributed by atoms with E-state index in [1.807, 2.05) is 60.7 Å². The molecule has 0 aromatic heterocycles. The Morgan fingerprint density at radius 3 is 1.48 bits per heavy atom. The van der Waals surface area contributed by atoms with Gasteiger partial charge in [0, 0.05) is 23.4 Å². The minimum atomic E-state index is -1.32. The molecule has 0 radical (unpaired) electrons. The normalized spacial score (nSPS) is 10.3. The van der Waals surface area contributed by atoms with Gasteiger partial charge in [-0.15, -0.1) is 0 Å². The lowest BCUT2D eigenvalue weighted by atomic mass is 9.82. The van der Waals surface area contributed by atoms with Crippen LogP contribution in [0.3, 0.4) is 0 Å². The van der Waals surface area contributed by atoms with Crippen LogP contribution in [0.1, 0.15) is 5.56 Å². The summed E-state index contributed by atoms with van der Waals surface area (Å²) in [4.78, 5) is 2.17. The predicted octanol–water partition coefficient (Wildman–Crippen LogP) is 3.71. The van der Waals surface area contributed by atoms with Gasteiger partial charge < -0.3 is 14.9 Å². The van der Waals surface area contributed by atoms with Gasteiger partial charge in [-0.2, -0.15) is 0 Å². The maximum absolute atomic E-state index is 9.09. The Hall–Kier alpha value is -2.56. The Labute approximate surface area is 136 Å². The lowest BCUT2D eigenvalue weighted by Gasteiger charge is -2.25. The van der Waals surface area contributed by atoms with Gasteiger partial charge in [0.2, 0.25) is 0 Å². The molecule has 114 valence electrons. The van der Waals surface area contributed by atoms with E-state index < -0.39 is 7.12 Å². The first kappa shape index (κ1) is 15.3. The van der Waals surface area contributed by atoms with Crippen molar-refractivity contribution < 1.29 is 10.0 Å². The number of para-hydroxylation sites is 2. The smallest absolute Gasteiger partial charge is 0.427 e. The lowest BCUT2D eigenvalue weighted by molar-refractivity contribution is 0.405. The van der Waals surface area contributed by atoms with Gasteiger partial charge in [0.1, 0.15) is 0 Å². The first-order valence-electron chi connectivity index (χ1n) is 7.59. The van der Waals surface area contributed by atoms with Crippen LogP contribution in [0.2, 0.25) is 0 Å². The van der Waals surface area contributed by atoms with Gasteiger partial charge in [0.05, 0.1) is 0 Å². The molecule has 0 atom stereocenters. The molecule has 2 N–H and O–H groups in total. The van der Waals surface area contributed by atoms with Crippen LogP contribution >= 0.6 is 0 Å². The summed E-state index contributed by atoms with van der Waals surface area (Å²) in [5.74, 6) is 0. The highest BCUT2D eigenvalue weighted by atomic mass is 16.4. The Balaban J connectivity index is 1.99. The van der Waals surface area contributed by atoms with E-state index in [1.165, 1.54) is 0 Å². The van der Waals surface area contributed by atoms with Crippen molar-refractivity contribution in [2.45, 2.75) is 6.32 Å². The molecule has 0 aliphatic heterocycles. The fraction of sp³-hybridized carbons (Fsp3) is 0.0526. The zero-order valence-corrected chi connectivity index (χ0v) is 12.7. The van der Waals surface area contributed by atoms with Crippen molar-refractivity contribution in [3.63, 3.8) is 0 Å². The first-order chi connectivity index (χ1) is 11.2. The van der Waals surface area contributed by atoms with Crippen molar-refractivity contribution in [1.29, 1.82) is 0 Å². The monoisotopic (exact) mass is 303 g/mol. The van der Waals surface area contributed by atoms with E-state index in [4.69, 9.17) is 10.0 Å². The number of hydrogen-bond acceptors (Lipinski definition) is 3. The molecule has 0 fully saturated rings.